The van der Waals surface area contributed by atoms with Crippen molar-refractivity contribution in [3.05, 3.63) is 42.2 Å². The van der Waals surface area contributed by atoms with Crippen LogP contribution in [0.2, 0.25) is 0 Å². The summed E-state index contributed by atoms with van der Waals surface area (Å²) in [7, 11) is -3.47. The summed E-state index contributed by atoms with van der Waals surface area (Å²) in [5.74, 6) is -0.0353. The second-order valence-electron chi connectivity index (χ2n) is 7.08. The maximum atomic E-state index is 12.6. The van der Waals surface area contributed by atoms with Gasteiger partial charge in [-0.1, -0.05) is 19.1 Å². The van der Waals surface area contributed by atoms with Gasteiger partial charge in [-0.05, 0) is 43.0 Å². The van der Waals surface area contributed by atoms with Crippen molar-refractivity contribution in [1.82, 2.24) is 24.6 Å². The number of carbonyl (C=O) groups is 1. The van der Waals surface area contributed by atoms with E-state index in [-0.39, 0.29) is 22.8 Å². The number of aromatic nitrogens is 3. The second-order valence-corrected chi connectivity index (χ2v) is 9.02. The highest BCUT2D eigenvalue weighted by atomic mass is 32.2. The molecular formula is C18H25N5O3S. The van der Waals surface area contributed by atoms with Crippen molar-refractivity contribution < 1.29 is 13.2 Å². The molecule has 1 aromatic carbocycles. The number of nitrogens with one attached hydrogen (secondary N) is 1. The lowest BCUT2D eigenvalue weighted by Crippen LogP contribution is -2.41. The Labute approximate surface area is 159 Å². The minimum atomic E-state index is -3.47. The molecule has 0 saturated carbocycles. The number of carbonyl (C=O) groups excluding carboxylic acids is 1. The van der Waals surface area contributed by atoms with E-state index < -0.39 is 10.0 Å². The Hall–Kier alpha value is -2.26. The summed E-state index contributed by atoms with van der Waals surface area (Å²) in [5.41, 5.74) is 0.430. The van der Waals surface area contributed by atoms with Gasteiger partial charge in [0.2, 0.25) is 10.0 Å². The van der Waals surface area contributed by atoms with E-state index in [0.717, 1.165) is 12.8 Å². The molecule has 1 N–H and O–H groups in total. The maximum absolute atomic E-state index is 12.6. The minimum Gasteiger partial charge on any atom is -0.347 e. The van der Waals surface area contributed by atoms with E-state index in [0.29, 0.717) is 25.2 Å². The van der Waals surface area contributed by atoms with Crippen LogP contribution in [0.15, 0.2) is 41.6 Å². The van der Waals surface area contributed by atoms with Crippen LogP contribution in [0.1, 0.15) is 37.0 Å². The number of hydrogen-bond acceptors (Lipinski definition) is 5. The van der Waals surface area contributed by atoms with Gasteiger partial charge in [-0.15, -0.1) is 5.10 Å². The van der Waals surface area contributed by atoms with Crippen LogP contribution in [0.4, 0.5) is 0 Å². The highest BCUT2D eigenvalue weighted by Gasteiger charge is 2.27. The minimum absolute atomic E-state index is 0.118. The highest BCUT2D eigenvalue weighted by Crippen LogP contribution is 2.21. The van der Waals surface area contributed by atoms with Gasteiger partial charge in [-0.2, -0.15) is 4.31 Å². The molecule has 1 fully saturated rings. The standard InChI is InChI=1S/C18H25N5O3S/c1-14(2)17(13-22-12-9-19-21-22)20-18(24)15-5-7-16(8-6-15)27(25,26)23-10-3-4-11-23/h5-9,12,14,17H,3-4,10-11,13H2,1-2H3,(H,20,24)/t17-/m1/s1. The van der Waals surface area contributed by atoms with Crippen molar-refractivity contribution in [2.45, 2.75) is 44.2 Å². The molecule has 2 heterocycles. The Morgan fingerprint density at radius 2 is 1.85 bits per heavy atom. The van der Waals surface area contributed by atoms with Crippen LogP contribution >= 0.6 is 0 Å². The van der Waals surface area contributed by atoms with E-state index >= 15 is 0 Å². The van der Waals surface area contributed by atoms with Crippen molar-refractivity contribution in [1.29, 1.82) is 0 Å². The summed E-state index contributed by atoms with van der Waals surface area (Å²) in [6, 6.07) is 6.01. The van der Waals surface area contributed by atoms with Gasteiger partial charge in [0, 0.05) is 24.8 Å². The zero-order valence-electron chi connectivity index (χ0n) is 15.6. The third-order valence-corrected chi connectivity index (χ3v) is 6.71. The predicted octanol–water partition coefficient (Wildman–Crippen LogP) is 1.52. The van der Waals surface area contributed by atoms with Crippen LogP contribution < -0.4 is 5.32 Å². The van der Waals surface area contributed by atoms with Gasteiger partial charge in [0.1, 0.15) is 0 Å². The first-order chi connectivity index (χ1) is 12.9. The molecule has 1 aromatic heterocycles. The first kappa shape index (κ1) is 19.5. The molecular weight excluding hydrogens is 366 g/mol. The number of rotatable bonds is 7. The summed E-state index contributed by atoms with van der Waals surface area (Å²) >= 11 is 0. The first-order valence-electron chi connectivity index (χ1n) is 9.13. The molecule has 0 aliphatic carbocycles. The Morgan fingerprint density at radius 3 is 2.41 bits per heavy atom. The molecule has 0 radical (unpaired) electrons. The van der Waals surface area contributed by atoms with E-state index in [1.807, 2.05) is 13.8 Å². The van der Waals surface area contributed by atoms with Crippen LogP contribution in [0.3, 0.4) is 0 Å². The van der Waals surface area contributed by atoms with Gasteiger partial charge < -0.3 is 5.32 Å². The van der Waals surface area contributed by atoms with Gasteiger partial charge in [-0.25, -0.2) is 8.42 Å². The summed E-state index contributed by atoms with van der Waals surface area (Å²) in [6.07, 6.45) is 5.13. The van der Waals surface area contributed by atoms with E-state index in [9.17, 15) is 13.2 Å². The van der Waals surface area contributed by atoms with Gasteiger partial charge >= 0.3 is 0 Å². The predicted molar refractivity (Wildman–Crippen MR) is 101 cm³/mol. The second kappa shape index (κ2) is 8.18. The number of nitrogens with zero attached hydrogens (tertiary/aromatic N) is 4. The molecule has 2 aromatic rings. The SMILES string of the molecule is CC(C)[C@@H](Cn1ccnn1)NC(=O)c1ccc(S(=O)(=O)N2CCCC2)cc1. The first-order valence-corrected chi connectivity index (χ1v) is 10.6. The normalized spacial score (nSPS) is 16.6. The highest BCUT2D eigenvalue weighted by molar-refractivity contribution is 7.89. The molecule has 8 nitrogen and oxygen atoms in total. The fourth-order valence-corrected chi connectivity index (χ4v) is 4.58. The van der Waals surface area contributed by atoms with Gasteiger partial charge in [0.15, 0.2) is 0 Å². The van der Waals surface area contributed by atoms with Crippen LogP contribution in [-0.2, 0) is 16.6 Å². The molecule has 3 rings (SSSR count). The Kier molecular flexibility index (Phi) is 5.91. The molecule has 0 spiro atoms. The topological polar surface area (TPSA) is 97.2 Å². The average Bonchev–Trinajstić information content (AvgIpc) is 3.35. The van der Waals surface area contributed by atoms with Crippen molar-refractivity contribution in [3.63, 3.8) is 0 Å². The molecule has 0 unspecified atom stereocenters. The Morgan fingerprint density at radius 1 is 1.19 bits per heavy atom. The lowest BCUT2D eigenvalue weighted by atomic mass is 10.0. The van der Waals surface area contributed by atoms with E-state index in [4.69, 9.17) is 0 Å². The van der Waals surface area contributed by atoms with Gasteiger partial charge in [0.05, 0.1) is 23.7 Å². The zero-order chi connectivity index (χ0) is 19.4. The fourth-order valence-electron chi connectivity index (χ4n) is 3.06. The lowest BCUT2D eigenvalue weighted by Gasteiger charge is -2.22. The Bertz CT molecular complexity index is 857. The molecule has 1 aliphatic rings. The maximum Gasteiger partial charge on any atom is 0.251 e. The molecule has 1 amide bonds. The quantitative estimate of drug-likeness (QED) is 0.772. The van der Waals surface area contributed by atoms with Gasteiger partial charge in [-0.3, -0.25) is 9.48 Å². The number of benzene rings is 1. The van der Waals surface area contributed by atoms with E-state index in [2.05, 4.69) is 15.6 Å². The molecule has 1 saturated heterocycles. The smallest absolute Gasteiger partial charge is 0.251 e. The lowest BCUT2D eigenvalue weighted by molar-refractivity contribution is 0.0919. The zero-order valence-corrected chi connectivity index (χ0v) is 16.4. The van der Waals surface area contributed by atoms with E-state index in [1.165, 1.54) is 16.4 Å². The molecule has 1 aliphatic heterocycles. The van der Waals surface area contributed by atoms with Gasteiger partial charge in [0.25, 0.3) is 5.91 Å². The number of hydrogen-bond donors (Lipinski definition) is 1. The van der Waals surface area contributed by atoms with Crippen molar-refractivity contribution in [3.8, 4) is 0 Å². The summed E-state index contributed by atoms with van der Waals surface area (Å²) in [5, 5.41) is 10.7. The fraction of sp³-hybridized carbons (Fsp3) is 0.500. The van der Waals surface area contributed by atoms with Crippen LogP contribution in [-0.4, -0.2) is 52.8 Å². The molecule has 146 valence electrons. The molecule has 9 heteroatoms. The van der Waals surface area contributed by atoms with Crippen LogP contribution in [0, 0.1) is 5.92 Å². The average molecular weight is 391 g/mol. The molecule has 1 atom stereocenters. The van der Waals surface area contributed by atoms with Crippen molar-refractivity contribution in [2.24, 2.45) is 5.92 Å². The molecule has 27 heavy (non-hydrogen) atoms. The summed E-state index contributed by atoms with van der Waals surface area (Å²) in [4.78, 5) is 12.8. The third-order valence-electron chi connectivity index (χ3n) is 4.80. The van der Waals surface area contributed by atoms with Crippen LogP contribution in [0.25, 0.3) is 0 Å². The van der Waals surface area contributed by atoms with Crippen LogP contribution in [0.5, 0.6) is 0 Å². The third kappa shape index (κ3) is 4.54. The monoisotopic (exact) mass is 391 g/mol. The molecule has 0 bridgehead atoms. The summed E-state index contributed by atoms with van der Waals surface area (Å²) in [6.45, 7) is 5.68. The summed E-state index contributed by atoms with van der Waals surface area (Å²) < 4.78 is 28.3. The van der Waals surface area contributed by atoms with E-state index in [1.54, 1.807) is 29.2 Å². The van der Waals surface area contributed by atoms with Crippen molar-refractivity contribution in [2.75, 3.05) is 13.1 Å². The largest absolute Gasteiger partial charge is 0.347 e. The van der Waals surface area contributed by atoms with Crippen molar-refractivity contribution >= 4 is 15.9 Å². The number of sulfonamides is 1. The Balaban J connectivity index is 1.69. The number of amides is 1.